The number of carbonyl (C=O) groups is 2. The van der Waals surface area contributed by atoms with Gasteiger partial charge in [-0.25, -0.2) is 4.79 Å². The summed E-state index contributed by atoms with van der Waals surface area (Å²) in [5.74, 6) is -1.50. The van der Waals surface area contributed by atoms with E-state index in [-0.39, 0.29) is 12.2 Å². The second-order valence-corrected chi connectivity index (χ2v) is 3.89. The van der Waals surface area contributed by atoms with Gasteiger partial charge < -0.3 is 20.3 Å². The molecular formula is C13H15NO5. The van der Waals surface area contributed by atoms with Gasteiger partial charge in [-0.15, -0.1) is 0 Å². The first kappa shape index (κ1) is 14.6. The summed E-state index contributed by atoms with van der Waals surface area (Å²) in [6, 6.07) is 4.31. The van der Waals surface area contributed by atoms with Crippen molar-refractivity contribution in [3.8, 4) is 5.75 Å². The van der Waals surface area contributed by atoms with E-state index in [2.05, 4.69) is 10.1 Å². The Kier molecular flexibility index (Phi) is 4.93. The van der Waals surface area contributed by atoms with E-state index in [1.54, 1.807) is 6.92 Å². The molecule has 102 valence electrons. The van der Waals surface area contributed by atoms with Gasteiger partial charge in [-0.1, -0.05) is 6.07 Å². The number of nitrogens with one attached hydrogen (secondary N) is 1. The van der Waals surface area contributed by atoms with Gasteiger partial charge >= 0.3 is 11.9 Å². The van der Waals surface area contributed by atoms with Gasteiger partial charge in [-0.3, -0.25) is 4.79 Å². The van der Waals surface area contributed by atoms with Gasteiger partial charge in [0.1, 0.15) is 5.75 Å². The second kappa shape index (κ2) is 6.44. The molecular weight excluding hydrogens is 250 g/mol. The Hall–Kier alpha value is -2.50. The number of anilines is 1. The average Bonchev–Trinajstić information content (AvgIpc) is 2.31. The number of rotatable bonds is 5. The van der Waals surface area contributed by atoms with E-state index in [0.29, 0.717) is 16.9 Å². The number of methoxy groups -OCH3 is 1. The first-order valence-electron chi connectivity index (χ1n) is 5.49. The Bertz CT molecular complexity index is 522. The molecule has 0 bridgehead atoms. The van der Waals surface area contributed by atoms with Crippen LogP contribution in [0.1, 0.15) is 12.5 Å². The van der Waals surface area contributed by atoms with Crippen LogP contribution in [0.5, 0.6) is 5.75 Å². The zero-order valence-electron chi connectivity index (χ0n) is 10.6. The van der Waals surface area contributed by atoms with Crippen molar-refractivity contribution in [3.05, 3.63) is 35.5 Å². The van der Waals surface area contributed by atoms with Gasteiger partial charge in [0.05, 0.1) is 13.5 Å². The third kappa shape index (κ3) is 4.71. The van der Waals surface area contributed by atoms with Gasteiger partial charge in [0.25, 0.3) is 0 Å². The van der Waals surface area contributed by atoms with Crippen LogP contribution >= 0.6 is 0 Å². The van der Waals surface area contributed by atoms with Crippen molar-refractivity contribution in [1.29, 1.82) is 0 Å². The number of carboxylic acid groups (broad SMARTS) is 1. The highest BCUT2D eigenvalue weighted by Crippen LogP contribution is 2.23. The molecule has 0 aliphatic heterocycles. The standard InChI is InChI=1S/C13H15NO5/c1-8(5-13(18)19-2)14-11-7-10(15)4-3-9(11)6-12(16)17/h3-5,7,14-15H,6H2,1-2H3,(H,16,17)/b8-5+. The van der Waals surface area contributed by atoms with Crippen molar-refractivity contribution in [3.63, 3.8) is 0 Å². The van der Waals surface area contributed by atoms with Crippen molar-refractivity contribution in [2.75, 3.05) is 12.4 Å². The third-order valence-electron chi connectivity index (χ3n) is 2.30. The SMILES string of the molecule is COC(=O)/C=C(\C)Nc1cc(O)ccc1CC(=O)O. The highest BCUT2D eigenvalue weighted by molar-refractivity contribution is 5.83. The lowest BCUT2D eigenvalue weighted by molar-refractivity contribution is -0.136. The smallest absolute Gasteiger partial charge is 0.332 e. The summed E-state index contributed by atoms with van der Waals surface area (Å²) in [5, 5.41) is 21.1. The molecule has 1 rings (SSSR count). The zero-order valence-corrected chi connectivity index (χ0v) is 10.6. The summed E-state index contributed by atoms with van der Waals surface area (Å²) in [4.78, 5) is 21.8. The van der Waals surface area contributed by atoms with Crippen LogP contribution in [0.2, 0.25) is 0 Å². The van der Waals surface area contributed by atoms with Crippen molar-refractivity contribution < 1.29 is 24.5 Å². The molecule has 0 amide bonds. The predicted octanol–water partition coefficient (Wildman–Crippen LogP) is 1.51. The van der Waals surface area contributed by atoms with Gasteiger partial charge in [-0.2, -0.15) is 0 Å². The fourth-order valence-corrected chi connectivity index (χ4v) is 1.48. The lowest BCUT2D eigenvalue weighted by Crippen LogP contribution is -2.07. The number of ether oxygens (including phenoxy) is 1. The monoisotopic (exact) mass is 265 g/mol. The molecule has 0 radical (unpaired) electrons. The lowest BCUT2D eigenvalue weighted by Gasteiger charge is -2.11. The van der Waals surface area contributed by atoms with Crippen molar-refractivity contribution >= 4 is 17.6 Å². The number of hydrogen-bond donors (Lipinski definition) is 3. The Labute approximate surface area is 110 Å². The van der Waals surface area contributed by atoms with Crippen LogP contribution in [0.3, 0.4) is 0 Å². The highest BCUT2D eigenvalue weighted by atomic mass is 16.5. The fraction of sp³-hybridized carbons (Fsp3) is 0.231. The van der Waals surface area contributed by atoms with Gasteiger partial charge in [0, 0.05) is 23.5 Å². The minimum Gasteiger partial charge on any atom is -0.508 e. The average molecular weight is 265 g/mol. The predicted molar refractivity (Wildman–Crippen MR) is 68.8 cm³/mol. The molecule has 6 nitrogen and oxygen atoms in total. The number of esters is 1. The molecule has 0 saturated carbocycles. The van der Waals surface area contributed by atoms with Crippen LogP contribution in [0.15, 0.2) is 30.0 Å². The molecule has 19 heavy (non-hydrogen) atoms. The van der Waals surface area contributed by atoms with E-state index in [9.17, 15) is 14.7 Å². The summed E-state index contributed by atoms with van der Waals surface area (Å²) in [6.07, 6.45) is 1.04. The Balaban J connectivity index is 2.98. The summed E-state index contributed by atoms with van der Waals surface area (Å²) < 4.78 is 4.48. The first-order valence-corrected chi connectivity index (χ1v) is 5.49. The van der Waals surface area contributed by atoms with E-state index in [1.165, 1.54) is 31.4 Å². The number of aromatic hydroxyl groups is 1. The fourth-order valence-electron chi connectivity index (χ4n) is 1.48. The van der Waals surface area contributed by atoms with Crippen molar-refractivity contribution in [2.24, 2.45) is 0 Å². The molecule has 0 unspecified atom stereocenters. The topological polar surface area (TPSA) is 95.9 Å². The molecule has 0 aliphatic rings. The van der Waals surface area contributed by atoms with E-state index < -0.39 is 11.9 Å². The largest absolute Gasteiger partial charge is 0.508 e. The van der Waals surface area contributed by atoms with Crippen LogP contribution in [0.25, 0.3) is 0 Å². The number of aliphatic carboxylic acids is 1. The van der Waals surface area contributed by atoms with E-state index in [4.69, 9.17) is 5.11 Å². The number of carboxylic acids is 1. The summed E-state index contributed by atoms with van der Waals surface area (Å²) >= 11 is 0. The quantitative estimate of drug-likeness (QED) is 0.551. The van der Waals surface area contributed by atoms with Crippen LogP contribution in [0.4, 0.5) is 5.69 Å². The van der Waals surface area contributed by atoms with Crippen LogP contribution in [0, 0.1) is 0 Å². The number of phenolic OH excluding ortho intramolecular Hbond substituents is 1. The van der Waals surface area contributed by atoms with Crippen molar-refractivity contribution in [2.45, 2.75) is 13.3 Å². The van der Waals surface area contributed by atoms with Crippen molar-refractivity contribution in [1.82, 2.24) is 0 Å². The maximum absolute atomic E-state index is 11.1. The third-order valence-corrected chi connectivity index (χ3v) is 2.30. The Morgan fingerprint density at radius 3 is 2.68 bits per heavy atom. The lowest BCUT2D eigenvalue weighted by atomic mass is 10.1. The van der Waals surface area contributed by atoms with Gasteiger partial charge in [0.15, 0.2) is 0 Å². The van der Waals surface area contributed by atoms with E-state index >= 15 is 0 Å². The number of allylic oxidation sites excluding steroid dienone is 1. The molecule has 0 heterocycles. The first-order chi connectivity index (χ1) is 8.92. The summed E-state index contributed by atoms with van der Waals surface area (Å²) in [5.41, 5.74) is 1.41. The minimum absolute atomic E-state index is 0.00232. The molecule has 1 aromatic rings. The highest BCUT2D eigenvalue weighted by Gasteiger charge is 2.08. The van der Waals surface area contributed by atoms with Crippen LogP contribution < -0.4 is 5.32 Å². The Morgan fingerprint density at radius 2 is 2.11 bits per heavy atom. The number of hydrogen-bond acceptors (Lipinski definition) is 5. The van der Waals surface area contributed by atoms with E-state index in [0.717, 1.165) is 0 Å². The Morgan fingerprint density at radius 1 is 1.42 bits per heavy atom. The maximum Gasteiger partial charge on any atom is 0.332 e. The van der Waals surface area contributed by atoms with Crippen LogP contribution in [-0.2, 0) is 20.7 Å². The molecule has 0 saturated heterocycles. The van der Waals surface area contributed by atoms with E-state index in [1.807, 2.05) is 0 Å². The zero-order chi connectivity index (χ0) is 14.4. The van der Waals surface area contributed by atoms with Gasteiger partial charge in [0.2, 0.25) is 0 Å². The number of benzene rings is 1. The van der Waals surface area contributed by atoms with Crippen LogP contribution in [-0.4, -0.2) is 29.3 Å². The number of phenols is 1. The molecule has 3 N–H and O–H groups in total. The minimum atomic E-state index is -0.983. The molecule has 0 aliphatic carbocycles. The molecule has 0 spiro atoms. The summed E-state index contributed by atoms with van der Waals surface area (Å²) in [6.45, 7) is 1.63. The normalized spacial score (nSPS) is 10.9. The molecule has 0 atom stereocenters. The summed E-state index contributed by atoms with van der Waals surface area (Å²) in [7, 11) is 1.26. The molecule has 1 aromatic carbocycles. The maximum atomic E-state index is 11.1. The van der Waals surface area contributed by atoms with Gasteiger partial charge in [-0.05, 0) is 18.6 Å². The number of carbonyl (C=O) groups excluding carboxylic acids is 1. The second-order valence-electron chi connectivity index (χ2n) is 3.89. The molecule has 6 heteroatoms. The molecule has 0 fully saturated rings. The molecule has 0 aromatic heterocycles.